The Bertz CT molecular complexity index is 305. The molecular weight excluding hydrogens is 211 g/mol. The van der Waals surface area contributed by atoms with Crippen molar-refractivity contribution in [3.8, 4) is 0 Å². The van der Waals surface area contributed by atoms with Crippen LogP contribution in [-0.4, -0.2) is 5.16 Å². The maximum absolute atomic E-state index is 6.49. The number of rotatable bonds is 1. The van der Waals surface area contributed by atoms with Gasteiger partial charge in [-0.2, -0.15) is 0 Å². The predicted molar refractivity (Wildman–Crippen MR) is 68.1 cm³/mol. The lowest BCUT2D eigenvalue weighted by molar-refractivity contribution is 0.796. The summed E-state index contributed by atoms with van der Waals surface area (Å²) in [4.78, 5) is 0. The molecule has 0 radical (unpaired) electrons. The third-order valence-electron chi connectivity index (χ3n) is 2.02. The van der Waals surface area contributed by atoms with Gasteiger partial charge in [0.2, 0.25) is 0 Å². The molecule has 0 aliphatic carbocycles. The Balaban J connectivity index is 3.07. The first-order valence-electron chi connectivity index (χ1n) is 4.85. The molecule has 0 spiro atoms. The Morgan fingerprint density at radius 3 is 1.79 bits per heavy atom. The van der Waals surface area contributed by atoms with E-state index in [9.17, 15) is 0 Å². The Morgan fingerprint density at radius 1 is 1.00 bits per heavy atom. The highest BCUT2D eigenvalue weighted by Gasteiger charge is 2.24. The number of hydrogen-bond acceptors (Lipinski definition) is 0. The second-order valence-electron chi connectivity index (χ2n) is 4.80. The minimum atomic E-state index is -0.577. The van der Waals surface area contributed by atoms with Crippen LogP contribution in [0.3, 0.4) is 0 Å². The predicted octanol–water partition coefficient (Wildman–Crippen LogP) is 4.36. The van der Waals surface area contributed by atoms with Crippen LogP contribution < -0.4 is 5.30 Å². The molecule has 0 N–H and O–H groups in total. The van der Waals surface area contributed by atoms with Crippen molar-refractivity contribution < 1.29 is 0 Å². The molecule has 0 bridgehead atoms. The molecule has 0 fully saturated rings. The molecule has 1 unspecified atom stereocenters. The highest BCUT2D eigenvalue weighted by atomic mass is 35.7. The lowest BCUT2D eigenvalue weighted by Gasteiger charge is -2.25. The van der Waals surface area contributed by atoms with E-state index in [1.165, 1.54) is 16.4 Å². The van der Waals surface area contributed by atoms with Crippen LogP contribution in [0.1, 0.15) is 31.9 Å². The van der Waals surface area contributed by atoms with Crippen LogP contribution in [0.15, 0.2) is 18.2 Å². The molecule has 0 nitrogen and oxygen atoms in total. The molecule has 1 atom stereocenters. The van der Waals surface area contributed by atoms with E-state index in [4.69, 9.17) is 11.2 Å². The summed E-state index contributed by atoms with van der Waals surface area (Å²) in [5, 5.41) is 1.48. The molecule has 0 saturated carbocycles. The largest absolute Gasteiger partial charge is 0.0906 e. The monoisotopic (exact) mass is 228 g/mol. The van der Waals surface area contributed by atoms with Gasteiger partial charge in [0.15, 0.2) is 0 Å². The molecule has 1 rings (SSSR count). The van der Waals surface area contributed by atoms with Crippen LogP contribution in [-0.2, 0) is 0 Å². The van der Waals surface area contributed by atoms with Crippen LogP contribution in [0.5, 0.6) is 0 Å². The summed E-state index contributed by atoms with van der Waals surface area (Å²) >= 11 is 6.49. The van der Waals surface area contributed by atoms with E-state index in [0.717, 1.165) is 0 Å². The van der Waals surface area contributed by atoms with Crippen molar-refractivity contribution in [3.63, 3.8) is 0 Å². The van der Waals surface area contributed by atoms with E-state index in [-0.39, 0.29) is 5.16 Å². The van der Waals surface area contributed by atoms with E-state index >= 15 is 0 Å². The van der Waals surface area contributed by atoms with Gasteiger partial charge in [-0.15, -0.1) is 0 Å². The first kappa shape index (κ1) is 12.0. The van der Waals surface area contributed by atoms with Crippen LogP contribution in [0.4, 0.5) is 0 Å². The zero-order chi connectivity index (χ0) is 10.9. The molecule has 0 amide bonds. The van der Waals surface area contributed by atoms with Gasteiger partial charge in [0.25, 0.3) is 0 Å². The van der Waals surface area contributed by atoms with Crippen LogP contribution in [0.25, 0.3) is 0 Å². The first-order valence-corrected chi connectivity index (χ1v) is 7.09. The third-order valence-corrected chi connectivity index (χ3v) is 6.02. The summed E-state index contributed by atoms with van der Waals surface area (Å²) in [7, 11) is -0.577. The molecule has 2 heteroatoms. The summed E-state index contributed by atoms with van der Waals surface area (Å²) in [6.45, 7) is 10.8. The van der Waals surface area contributed by atoms with Gasteiger partial charge in [-0.25, -0.2) is 0 Å². The first-order chi connectivity index (χ1) is 6.30. The van der Waals surface area contributed by atoms with Gasteiger partial charge < -0.3 is 0 Å². The maximum Gasteiger partial charge on any atom is 0.0267 e. The van der Waals surface area contributed by atoms with Crippen molar-refractivity contribution in [2.45, 2.75) is 39.8 Å². The minimum Gasteiger partial charge on any atom is -0.0906 e. The third kappa shape index (κ3) is 2.97. The molecule has 1 aromatic rings. The topological polar surface area (TPSA) is 0 Å². The summed E-state index contributed by atoms with van der Waals surface area (Å²) in [6.07, 6.45) is 0. The Morgan fingerprint density at radius 2 is 1.43 bits per heavy atom. The smallest absolute Gasteiger partial charge is 0.0267 e. The van der Waals surface area contributed by atoms with E-state index in [2.05, 4.69) is 52.8 Å². The van der Waals surface area contributed by atoms with Gasteiger partial charge in [-0.1, -0.05) is 61.3 Å². The molecule has 78 valence electrons. The van der Waals surface area contributed by atoms with E-state index < -0.39 is 7.27 Å². The van der Waals surface area contributed by atoms with Gasteiger partial charge in [-0.05, 0) is 24.3 Å². The van der Waals surface area contributed by atoms with Crippen LogP contribution in [0.2, 0.25) is 0 Å². The van der Waals surface area contributed by atoms with Crippen molar-refractivity contribution in [2.24, 2.45) is 0 Å². The van der Waals surface area contributed by atoms with Gasteiger partial charge in [0, 0.05) is 7.27 Å². The quantitative estimate of drug-likeness (QED) is 0.627. The fraction of sp³-hybridized carbons (Fsp3) is 0.500. The second kappa shape index (κ2) is 4.21. The van der Waals surface area contributed by atoms with Crippen molar-refractivity contribution in [3.05, 3.63) is 29.3 Å². The second-order valence-corrected chi connectivity index (χ2v) is 8.23. The highest BCUT2D eigenvalue weighted by molar-refractivity contribution is 7.91. The summed E-state index contributed by atoms with van der Waals surface area (Å²) in [5.74, 6) is 0. The number of benzene rings is 1. The maximum atomic E-state index is 6.49. The van der Waals surface area contributed by atoms with Gasteiger partial charge in [0.1, 0.15) is 0 Å². The normalized spacial score (nSPS) is 14.1. The van der Waals surface area contributed by atoms with Crippen molar-refractivity contribution in [1.29, 1.82) is 0 Å². The zero-order valence-electron chi connectivity index (χ0n) is 9.56. The number of halogens is 1. The highest BCUT2D eigenvalue weighted by Crippen LogP contribution is 2.52. The van der Waals surface area contributed by atoms with Crippen LogP contribution >= 0.6 is 18.5 Å². The lowest BCUT2D eigenvalue weighted by Crippen LogP contribution is -2.16. The molecular formula is C12H18ClP. The fourth-order valence-electron chi connectivity index (χ4n) is 1.45. The van der Waals surface area contributed by atoms with Crippen molar-refractivity contribution >= 4 is 23.8 Å². The molecule has 14 heavy (non-hydrogen) atoms. The Hall–Kier alpha value is -0.0600. The Kier molecular flexibility index (Phi) is 3.61. The Labute approximate surface area is 93.2 Å². The van der Waals surface area contributed by atoms with Crippen molar-refractivity contribution in [1.82, 2.24) is 0 Å². The minimum absolute atomic E-state index is 0.178. The van der Waals surface area contributed by atoms with E-state index in [1.807, 2.05) is 0 Å². The SMILES string of the molecule is Cc1cc(C)cc(P(Cl)C(C)(C)C)c1. The molecule has 0 saturated heterocycles. The van der Waals surface area contributed by atoms with Gasteiger partial charge in [-0.3, -0.25) is 0 Å². The molecule has 0 aliphatic rings. The summed E-state index contributed by atoms with van der Waals surface area (Å²) < 4.78 is 0. The molecule has 0 heterocycles. The zero-order valence-corrected chi connectivity index (χ0v) is 11.2. The van der Waals surface area contributed by atoms with E-state index in [1.54, 1.807) is 0 Å². The van der Waals surface area contributed by atoms with Gasteiger partial charge >= 0.3 is 0 Å². The van der Waals surface area contributed by atoms with Crippen molar-refractivity contribution in [2.75, 3.05) is 0 Å². The fourth-order valence-corrected chi connectivity index (χ4v) is 3.15. The lowest BCUT2D eigenvalue weighted by atomic mass is 10.2. The summed E-state index contributed by atoms with van der Waals surface area (Å²) in [6, 6.07) is 6.60. The molecule has 0 aliphatic heterocycles. The average molecular weight is 229 g/mol. The molecule has 0 aromatic heterocycles. The average Bonchev–Trinajstić information content (AvgIpc) is 1.99. The van der Waals surface area contributed by atoms with E-state index in [0.29, 0.717) is 0 Å². The molecule has 1 aromatic carbocycles. The van der Waals surface area contributed by atoms with Crippen LogP contribution in [0, 0.1) is 13.8 Å². The number of hydrogen-bond donors (Lipinski definition) is 0. The van der Waals surface area contributed by atoms with Gasteiger partial charge in [0.05, 0.1) is 0 Å². The number of aryl methyl sites for hydroxylation is 2. The standard InChI is InChI=1S/C12H18ClP/c1-9-6-10(2)8-11(7-9)14(13)12(3,4)5/h6-8H,1-5H3. The summed E-state index contributed by atoms with van der Waals surface area (Å²) in [5.41, 5.74) is 2.61.